The van der Waals surface area contributed by atoms with Crippen LogP contribution in [-0.4, -0.2) is 51.9 Å². The molecule has 0 aliphatic carbocycles. The molecule has 1 saturated heterocycles. The summed E-state index contributed by atoms with van der Waals surface area (Å²) in [4.78, 5) is 17.7. The molecule has 1 aromatic heterocycles. The van der Waals surface area contributed by atoms with E-state index < -0.39 is 6.10 Å². The van der Waals surface area contributed by atoms with Gasteiger partial charge in [0.05, 0.1) is 11.0 Å². The number of aliphatic hydroxyl groups is 1. The Balaban J connectivity index is 1.17. The predicted molar refractivity (Wildman–Crippen MR) is 123 cm³/mol. The van der Waals surface area contributed by atoms with Crippen molar-refractivity contribution >= 4 is 21.8 Å². The van der Waals surface area contributed by atoms with Crippen molar-refractivity contribution < 1.29 is 9.84 Å². The second-order valence-electron chi connectivity index (χ2n) is 8.29. The minimum absolute atomic E-state index is 0.0387. The van der Waals surface area contributed by atoms with Gasteiger partial charge in [-0.15, -0.1) is 0 Å². The van der Waals surface area contributed by atoms with Crippen molar-refractivity contribution in [1.29, 1.82) is 0 Å². The van der Waals surface area contributed by atoms with Crippen LogP contribution in [0.4, 0.5) is 0 Å². The van der Waals surface area contributed by atoms with Gasteiger partial charge in [-0.05, 0) is 36.4 Å². The smallest absolute Gasteiger partial charge is 0.326 e. The largest absolute Gasteiger partial charge is 0.490 e. The molecule has 4 aromatic rings. The summed E-state index contributed by atoms with van der Waals surface area (Å²) in [5, 5.41) is 12.7. The molecule has 31 heavy (non-hydrogen) atoms. The van der Waals surface area contributed by atoms with E-state index in [4.69, 9.17) is 4.74 Å². The molecule has 5 rings (SSSR count). The second-order valence-corrected chi connectivity index (χ2v) is 8.29. The molecular formula is C25H27N3O3. The predicted octanol–water partition coefficient (Wildman–Crippen LogP) is 3.56. The van der Waals surface area contributed by atoms with Gasteiger partial charge in [0.25, 0.3) is 0 Å². The molecule has 0 radical (unpaired) electrons. The normalized spacial score (nSPS) is 16.7. The number of imidazole rings is 1. The van der Waals surface area contributed by atoms with Crippen LogP contribution in [0.1, 0.15) is 18.9 Å². The van der Waals surface area contributed by atoms with Crippen LogP contribution in [-0.2, 0) is 0 Å². The van der Waals surface area contributed by atoms with Crippen LogP contribution in [0, 0.1) is 0 Å². The highest BCUT2D eigenvalue weighted by molar-refractivity contribution is 5.88. The zero-order valence-corrected chi connectivity index (χ0v) is 17.4. The Hall–Kier alpha value is -3.09. The Morgan fingerprint density at radius 1 is 1.00 bits per heavy atom. The minimum Gasteiger partial charge on any atom is -0.490 e. The number of aromatic amines is 1. The lowest BCUT2D eigenvalue weighted by atomic mass is 10.0. The number of H-pyrrole nitrogens is 1. The van der Waals surface area contributed by atoms with Gasteiger partial charge < -0.3 is 19.7 Å². The molecule has 1 atom stereocenters. The molecule has 2 N–H and O–H groups in total. The van der Waals surface area contributed by atoms with E-state index in [9.17, 15) is 9.90 Å². The Bertz CT molecular complexity index is 1230. The molecule has 1 fully saturated rings. The highest BCUT2D eigenvalue weighted by atomic mass is 16.5. The number of rotatable bonds is 6. The van der Waals surface area contributed by atoms with Crippen LogP contribution in [0.25, 0.3) is 21.8 Å². The highest BCUT2D eigenvalue weighted by Gasteiger charge is 2.24. The Kier molecular flexibility index (Phi) is 5.49. The summed E-state index contributed by atoms with van der Waals surface area (Å²) in [6, 6.07) is 22.1. The number of piperidine rings is 1. The first-order valence-electron chi connectivity index (χ1n) is 10.9. The monoisotopic (exact) mass is 417 g/mol. The highest BCUT2D eigenvalue weighted by Crippen LogP contribution is 2.26. The number of nitrogens with one attached hydrogen (secondary N) is 1. The summed E-state index contributed by atoms with van der Waals surface area (Å²) in [6.45, 7) is 2.53. The van der Waals surface area contributed by atoms with E-state index >= 15 is 0 Å². The number of fused-ring (bicyclic) bond motifs is 2. The molecule has 0 bridgehead atoms. The molecule has 6 nitrogen and oxygen atoms in total. The Labute approximate surface area is 180 Å². The zero-order valence-electron chi connectivity index (χ0n) is 17.4. The number of nitrogens with zero attached hydrogens (tertiary/aromatic N) is 2. The molecule has 1 aliphatic heterocycles. The molecule has 1 unspecified atom stereocenters. The van der Waals surface area contributed by atoms with Crippen LogP contribution >= 0.6 is 0 Å². The summed E-state index contributed by atoms with van der Waals surface area (Å²) < 4.78 is 7.84. The standard InChI is InChI=1S/C25H27N3O3/c29-20(17-31-24-11-5-7-18-6-1-2-8-21(18)24)16-27-14-12-19(13-15-27)28-23-10-4-3-9-22(23)26-25(28)30/h1-11,19-20,29H,12-17H2,(H,26,30). The van der Waals surface area contributed by atoms with Gasteiger partial charge in [-0.1, -0.05) is 48.5 Å². The minimum atomic E-state index is -0.564. The van der Waals surface area contributed by atoms with Crippen molar-refractivity contribution in [3.63, 3.8) is 0 Å². The maximum Gasteiger partial charge on any atom is 0.326 e. The third-order valence-electron chi connectivity index (χ3n) is 6.20. The van der Waals surface area contributed by atoms with Crippen molar-refractivity contribution in [2.75, 3.05) is 26.2 Å². The van der Waals surface area contributed by atoms with Crippen molar-refractivity contribution in [1.82, 2.24) is 14.5 Å². The molecule has 0 saturated carbocycles. The zero-order chi connectivity index (χ0) is 21.2. The Morgan fingerprint density at radius 3 is 2.61 bits per heavy atom. The number of ether oxygens (including phenoxy) is 1. The lowest BCUT2D eigenvalue weighted by molar-refractivity contribution is 0.0564. The quantitative estimate of drug-likeness (QED) is 0.503. The fraction of sp³-hybridized carbons (Fsp3) is 0.320. The lowest BCUT2D eigenvalue weighted by Gasteiger charge is -2.33. The van der Waals surface area contributed by atoms with E-state index in [0.717, 1.165) is 53.5 Å². The summed E-state index contributed by atoms with van der Waals surface area (Å²) >= 11 is 0. The van der Waals surface area contributed by atoms with Crippen LogP contribution < -0.4 is 10.4 Å². The van der Waals surface area contributed by atoms with Gasteiger partial charge in [0.1, 0.15) is 18.5 Å². The molecule has 6 heteroatoms. The maximum absolute atomic E-state index is 12.4. The fourth-order valence-electron chi connectivity index (χ4n) is 4.66. The average molecular weight is 418 g/mol. The molecular weight excluding hydrogens is 390 g/mol. The van der Waals surface area contributed by atoms with E-state index in [1.165, 1.54) is 0 Å². The van der Waals surface area contributed by atoms with Crippen LogP contribution in [0.5, 0.6) is 5.75 Å². The van der Waals surface area contributed by atoms with Crippen molar-refractivity contribution in [3.8, 4) is 5.75 Å². The lowest BCUT2D eigenvalue weighted by Crippen LogP contribution is -2.42. The third kappa shape index (κ3) is 4.09. The van der Waals surface area contributed by atoms with E-state index in [0.29, 0.717) is 6.54 Å². The number of para-hydroxylation sites is 2. The van der Waals surface area contributed by atoms with E-state index in [-0.39, 0.29) is 18.3 Å². The van der Waals surface area contributed by atoms with E-state index in [1.807, 2.05) is 59.2 Å². The Morgan fingerprint density at radius 2 is 1.74 bits per heavy atom. The SMILES string of the molecule is O=c1[nH]c2ccccc2n1C1CCN(CC(O)COc2cccc3ccccc23)CC1. The van der Waals surface area contributed by atoms with Crippen LogP contribution in [0.15, 0.2) is 71.5 Å². The molecule has 160 valence electrons. The number of aliphatic hydroxyl groups excluding tert-OH is 1. The number of hydrogen-bond acceptors (Lipinski definition) is 4. The number of likely N-dealkylation sites (tertiary alicyclic amines) is 1. The summed E-state index contributed by atoms with van der Waals surface area (Å²) in [6.07, 6.45) is 1.21. The second kappa shape index (κ2) is 8.57. The molecule has 3 aromatic carbocycles. The number of hydrogen-bond donors (Lipinski definition) is 2. The summed E-state index contributed by atoms with van der Waals surface area (Å²) in [5.74, 6) is 0.801. The first-order chi connectivity index (χ1) is 15.2. The molecule has 2 heterocycles. The van der Waals surface area contributed by atoms with E-state index in [2.05, 4.69) is 22.0 Å². The third-order valence-corrected chi connectivity index (χ3v) is 6.20. The average Bonchev–Trinajstić information content (AvgIpc) is 3.14. The first kappa shape index (κ1) is 19.8. The van der Waals surface area contributed by atoms with Crippen molar-refractivity contribution in [3.05, 3.63) is 77.2 Å². The van der Waals surface area contributed by atoms with Gasteiger partial charge in [-0.25, -0.2) is 4.79 Å². The summed E-state index contributed by atoms with van der Waals surface area (Å²) in [5.41, 5.74) is 1.81. The van der Waals surface area contributed by atoms with Gasteiger partial charge in [-0.3, -0.25) is 4.57 Å². The number of benzene rings is 3. The van der Waals surface area contributed by atoms with E-state index in [1.54, 1.807) is 0 Å². The van der Waals surface area contributed by atoms with Gasteiger partial charge >= 0.3 is 5.69 Å². The maximum atomic E-state index is 12.4. The van der Waals surface area contributed by atoms with Gasteiger partial charge in [-0.2, -0.15) is 0 Å². The van der Waals surface area contributed by atoms with Gasteiger partial charge in [0.15, 0.2) is 0 Å². The fourth-order valence-corrected chi connectivity index (χ4v) is 4.66. The van der Waals surface area contributed by atoms with Crippen LogP contribution in [0.2, 0.25) is 0 Å². The number of aromatic nitrogens is 2. The van der Waals surface area contributed by atoms with Crippen molar-refractivity contribution in [2.24, 2.45) is 0 Å². The van der Waals surface area contributed by atoms with Gasteiger partial charge in [0.2, 0.25) is 0 Å². The molecule has 1 aliphatic rings. The first-order valence-corrected chi connectivity index (χ1v) is 10.9. The van der Waals surface area contributed by atoms with Crippen LogP contribution in [0.3, 0.4) is 0 Å². The molecule has 0 amide bonds. The van der Waals surface area contributed by atoms with Gasteiger partial charge in [0, 0.05) is 31.1 Å². The van der Waals surface area contributed by atoms with Crippen molar-refractivity contribution in [2.45, 2.75) is 25.0 Å². The summed E-state index contributed by atoms with van der Waals surface area (Å²) in [7, 11) is 0. The topological polar surface area (TPSA) is 70.5 Å². The molecule has 0 spiro atoms. The number of β-amino-alcohol motifs (C(OH)–C–C–N with tert-alkyl or cyclic N) is 1.